The fraction of sp³-hybridized carbons (Fsp3) is 0.600. The Morgan fingerprint density at radius 1 is 1.50 bits per heavy atom. The maximum atomic E-state index is 11.7. The molecule has 0 aromatic carbocycles. The minimum absolute atomic E-state index is 0.00525. The van der Waals surface area contributed by atoms with E-state index in [9.17, 15) is 4.79 Å². The average Bonchev–Trinajstić information content (AvgIpc) is 2.26. The van der Waals surface area contributed by atoms with E-state index in [-0.39, 0.29) is 28.3 Å². The molecule has 0 saturated carbocycles. The van der Waals surface area contributed by atoms with Gasteiger partial charge in [-0.1, -0.05) is 23.2 Å². The van der Waals surface area contributed by atoms with Crippen molar-refractivity contribution in [2.24, 2.45) is 0 Å². The highest BCUT2D eigenvalue weighted by molar-refractivity contribution is 6.41. The van der Waals surface area contributed by atoms with E-state index >= 15 is 0 Å². The van der Waals surface area contributed by atoms with Gasteiger partial charge in [-0.05, 0) is 26.2 Å². The smallest absolute Gasteiger partial charge is 0.287 e. The molecule has 0 radical (unpaired) electrons. The predicted molar refractivity (Wildman–Crippen MR) is 64.2 cm³/mol. The molecule has 0 aliphatic carbocycles. The Hall–Kier alpha value is -0.580. The predicted octanol–water partition coefficient (Wildman–Crippen LogP) is 2.27. The molecule has 1 aromatic heterocycles. The molecule has 1 N–H and O–H groups in total. The molecule has 4 nitrogen and oxygen atoms in total. The molecule has 0 spiro atoms. The van der Waals surface area contributed by atoms with E-state index in [1.54, 1.807) is 0 Å². The van der Waals surface area contributed by atoms with Gasteiger partial charge in [-0.2, -0.15) is 5.10 Å². The summed E-state index contributed by atoms with van der Waals surface area (Å²) in [5.74, 6) is 0. The number of hydrogen-bond donors (Lipinski definition) is 1. The lowest BCUT2D eigenvalue weighted by Gasteiger charge is -2.13. The highest BCUT2D eigenvalue weighted by Gasteiger charge is 2.12. The molecule has 1 heterocycles. The highest BCUT2D eigenvalue weighted by Crippen LogP contribution is 2.17. The molecule has 1 aromatic rings. The summed E-state index contributed by atoms with van der Waals surface area (Å²) in [7, 11) is 0. The van der Waals surface area contributed by atoms with Crippen LogP contribution in [0.15, 0.2) is 11.0 Å². The number of aromatic nitrogens is 2. The zero-order valence-corrected chi connectivity index (χ0v) is 10.5. The molecule has 90 valence electrons. The van der Waals surface area contributed by atoms with Crippen molar-refractivity contribution in [3.63, 3.8) is 0 Å². The molecule has 0 aliphatic rings. The third kappa shape index (κ3) is 3.20. The molecule has 0 fully saturated rings. The molecule has 0 bridgehead atoms. The van der Waals surface area contributed by atoms with Crippen LogP contribution in [-0.2, 0) is 0 Å². The normalized spacial score (nSPS) is 12.8. The molecule has 1 rings (SSSR count). The molecule has 0 aliphatic heterocycles. The van der Waals surface area contributed by atoms with Crippen LogP contribution in [0.3, 0.4) is 0 Å². The second kappa shape index (κ2) is 6.23. The molecule has 0 amide bonds. The maximum Gasteiger partial charge on any atom is 0.287 e. The monoisotopic (exact) mass is 264 g/mol. The quantitative estimate of drug-likeness (QED) is 0.831. The summed E-state index contributed by atoms with van der Waals surface area (Å²) in [5, 5.41) is 12.8. The topological polar surface area (TPSA) is 55.1 Å². The zero-order chi connectivity index (χ0) is 12.1. The number of nitrogens with zero attached hydrogens (tertiary/aromatic N) is 2. The summed E-state index contributed by atoms with van der Waals surface area (Å²) in [6, 6.07) is -0.0474. The van der Waals surface area contributed by atoms with Gasteiger partial charge in [0.05, 0.1) is 17.3 Å². The van der Waals surface area contributed by atoms with Gasteiger partial charge in [0.1, 0.15) is 5.02 Å². The Bertz CT molecular complexity index is 406. The lowest BCUT2D eigenvalue weighted by molar-refractivity contribution is 0.277. The molecule has 16 heavy (non-hydrogen) atoms. The van der Waals surface area contributed by atoms with Crippen LogP contribution in [0.1, 0.15) is 32.2 Å². The van der Waals surface area contributed by atoms with Crippen LogP contribution in [0.25, 0.3) is 0 Å². The van der Waals surface area contributed by atoms with E-state index in [2.05, 4.69) is 5.10 Å². The third-order valence-electron chi connectivity index (χ3n) is 2.35. The van der Waals surface area contributed by atoms with Crippen molar-refractivity contribution in [3.05, 3.63) is 26.6 Å². The van der Waals surface area contributed by atoms with Crippen molar-refractivity contribution in [1.29, 1.82) is 0 Å². The van der Waals surface area contributed by atoms with Crippen LogP contribution < -0.4 is 5.56 Å². The van der Waals surface area contributed by atoms with Crippen molar-refractivity contribution < 1.29 is 5.11 Å². The van der Waals surface area contributed by atoms with E-state index in [1.165, 1.54) is 10.9 Å². The molecule has 1 unspecified atom stereocenters. The first kappa shape index (κ1) is 13.5. The van der Waals surface area contributed by atoms with Crippen molar-refractivity contribution in [3.8, 4) is 0 Å². The van der Waals surface area contributed by atoms with E-state index in [0.717, 1.165) is 19.3 Å². The number of halogens is 2. The summed E-state index contributed by atoms with van der Waals surface area (Å²) in [6.07, 6.45) is 3.70. The minimum atomic E-state index is -0.370. The standard InChI is InChI=1S/C10H14Cl2N2O2/c1-7(4-2-3-5-15)14-10(16)9(12)8(11)6-13-14/h6-7,15H,2-5H2,1H3. The Labute approximate surface area is 104 Å². The van der Waals surface area contributed by atoms with Crippen molar-refractivity contribution >= 4 is 23.2 Å². The van der Waals surface area contributed by atoms with Crippen LogP contribution in [0, 0.1) is 0 Å². The minimum Gasteiger partial charge on any atom is -0.396 e. The molecular weight excluding hydrogens is 251 g/mol. The highest BCUT2D eigenvalue weighted by atomic mass is 35.5. The van der Waals surface area contributed by atoms with E-state index in [0.29, 0.717) is 0 Å². The summed E-state index contributed by atoms with van der Waals surface area (Å²) in [6.45, 7) is 2.05. The van der Waals surface area contributed by atoms with E-state index < -0.39 is 0 Å². The van der Waals surface area contributed by atoms with Crippen molar-refractivity contribution in [1.82, 2.24) is 9.78 Å². The summed E-state index contributed by atoms with van der Waals surface area (Å²) in [4.78, 5) is 11.7. The molecular formula is C10H14Cl2N2O2. The van der Waals surface area contributed by atoms with E-state index in [4.69, 9.17) is 28.3 Å². The Balaban J connectivity index is 2.80. The molecule has 0 saturated heterocycles. The van der Waals surface area contributed by atoms with Gasteiger partial charge in [0, 0.05) is 6.61 Å². The average molecular weight is 265 g/mol. The Kier molecular flexibility index (Phi) is 5.25. The van der Waals surface area contributed by atoms with Gasteiger partial charge in [-0.3, -0.25) is 4.79 Å². The second-order valence-corrected chi connectivity index (χ2v) is 4.41. The lowest BCUT2D eigenvalue weighted by atomic mass is 10.1. The number of unbranched alkanes of at least 4 members (excludes halogenated alkanes) is 1. The first-order chi connectivity index (χ1) is 7.57. The first-order valence-corrected chi connectivity index (χ1v) is 5.87. The SMILES string of the molecule is CC(CCCCO)n1ncc(Cl)c(Cl)c1=O. The molecule has 6 heteroatoms. The third-order valence-corrected chi connectivity index (χ3v) is 3.10. The number of hydrogen-bond acceptors (Lipinski definition) is 3. The van der Waals surface area contributed by atoms with Crippen LogP contribution in [0.5, 0.6) is 0 Å². The van der Waals surface area contributed by atoms with Gasteiger partial charge < -0.3 is 5.11 Å². The fourth-order valence-corrected chi connectivity index (χ4v) is 1.67. The Morgan fingerprint density at radius 3 is 2.81 bits per heavy atom. The van der Waals surface area contributed by atoms with Gasteiger partial charge in [-0.15, -0.1) is 0 Å². The van der Waals surface area contributed by atoms with E-state index in [1.807, 2.05) is 6.92 Å². The van der Waals surface area contributed by atoms with Gasteiger partial charge in [-0.25, -0.2) is 4.68 Å². The van der Waals surface area contributed by atoms with Crippen molar-refractivity contribution in [2.75, 3.05) is 6.61 Å². The van der Waals surface area contributed by atoms with Crippen LogP contribution >= 0.6 is 23.2 Å². The van der Waals surface area contributed by atoms with Crippen molar-refractivity contribution in [2.45, 2.75) is 32.2 Å². The zero-order valence-electron chi connectivity index (χ0n) is 8.99. The van der Waals surface area contributed by atoms with Gasteiger partial charge in [0.25, 0.3) is 5.56 Å². The van der Waals surface area contributed by atoms with Gasteiger partial charge in [0.15, 0.2) is 0 Å². The number of rotatable bonds is 5. The maximum absolute atomic E-state index is 11.7. The summed E-state index contributed by atoms with van der Waals surface area (Å²) < 4.78 is 1.32. The number of aliphatic hydroxyl groups excluding tert-OH is 1. The largest absolute Gasteiger partial charge is 0.396 e. The summed E-state index contributed by atoms with van der Waals surface area (Å²) in [5.41, 5.74) is -0.370. The Morgan fingerprint density at radius 2 is 2.19 bits per heavy atom. The first-order valence-electron chi connectivity index (χ1n) is 5.11. The second-order valence-electron chi connectivity index (χ2n) is 3.62. The van der Waals surface area contributed by atoms with Crippen LogP contribution in [-0.4, -0.2) is 21.5 Å². The lowest BCUT2D eigenvalue weighted by Crippen LogP contribution is -2.26. The summed E-state index contributed by atoms with van der Waals surface area (Å²) >= 11 is 11.4. The molecule has 1 atom stereocenters. The van der Waals surface area contributed by atoms with Gasteiger partial charge in [0.2, 0.25) is 0 Å². The van der Waals surface area contributed by atoms with Crippen LogP contribution in [0.2, 0.25) is 10.0 Å². The van der Waals surface area contributed by atoms with Gasteiger partial charge >= 0.3 is 0 Å². The van der Waals surface area contributed by atoms with Crippen LogP contribution in [0.4, 0.5) is 0 Å². The fourth-order valence-electron chi connectivity index (χ4n) is 1.41. The number of aliphatic hydroxyl groups is 1.